The predicted octanol–water partition coefficient (Wildman–Crippen LogP) is 1.11. The van der Waals surface area contributed by atoms with Crippen LogP contribution in [0.5, 0.6) is 0 Å². The molecule has 7 heteroatoms. The van der Waals surface area contributed by atoms with E-state index in [1.807, 2.05) is 19.4 Å². The third-order valence-electron chi connectivity index (χ3n) is 1.85. The van der Waals surface area contributed by atoms with E-state index in [0.717, 1.165) is 10.6 Å². The van der Waals surface area contributed by atoms with Crippen LogP contribution in [0, 0.1) is 0 Å². The Labute approximate surface area is 105 Å². The maximum atomic E-state index is 11.8. The Bertz CT molecular complexity index is 414. The Morgan fingerprint density at radius 2 is 2.19 bits per heavy atom. The zero-order valence-electron chi connectivity index (χ0n) is 9.32. The second-order valence-electron chi connectivity index (χ2n) is 3.14. The zero-order chi connectivity index (χ0) is 12.0. The lowest BCUT2D eigenvalue weighted by Crippen LogP contribution is -2.25. The summed E-state index contributed by atoms with van der Waals surface area (Å²) in [6.45, 7) is 1.17. The number of hydrogen-bond donors (Lipinski definition) is 2. The minimum atomic E-state index is -3.30. The highest BCUT2D eigenvalue weighted by molar-refractivity contribution is 7.98. The van der Waals surface area contributed by atoms with Gasteiger partial charge in [-0.1, -0.05) is 0 Å². The molecule has 4 nitrogen and oxygen atoms in total. The van der Waals surface area contributed by atoms with Crippen LogP contribution in [0.2, 0.25) is 0 Å². The minimum Gasteiger partial charge on any atom is -0.315 e. The van der Waals surface area contributed by atoms with Gasteiger partial charge < -0.3 is 5.32 Å². The molecule has 1 aromatic heterocycles. The molecule has 0 radical (unpaired) electrons. The average molecular weight is 280 g/mol. The van der Waals surface area contributed by atoms with Crippen LogP contribution in [0.4, 0.5) is 0 Å². The van der Waals surface area contributed by atoms with Crippen LogP contribution in [0.15, 0.2) is 16.3 Å². The fraction of sp³-hybridized carbons (Fsp3) is 0.556. The van der Waals surface area contributed by atoms with Gasteiger partial charge in [0.05, 0.1) is 0 Å². The lowest BCUT2D eigenvalue weighted by Gasteiger charge is -2.02. The van der Waals surface area contributed by atoms with Crippen molar-refractivity contribution in [3.63, 3.8) is 0 Å². The Hall–Kier alpha value is -0.0800. The first-order valence-electron chi connectivity index (χ1n) is 4.82. The van der Waals surface area contributed by atoms with Crippen LogP contribution >= 0.6 is 23.1 Å². The highest BCUT2D eigenvalue weighted by Gasteiger charge is 2.15. The molecule has 1 aromatic rings. The predicted molar refractivity (Wildman–Crippen MR) is 70.7 cm³/mol. The van der Waals surface area contributed by atoms with E-state index in [1.165, 1.54) is 11.3 Å². The molecule has 0 spiro atoms. The average Bonchev–Trinajstić information content (AvgIpc) is 2.68. The van der Waals surface area contributed by atoms with Crippen molar-refractivity contribution in [1.82, 2.24) is 10.0 Å². The van der Waals surface area contributed by atoms with Crippen molar-refractivity contribution in [2.24, 2.45) is 0 Å². The molecule has 0 fully saturated rings. The van der Waals surface area contributed by atoms with Gasteiger partial charge in [0, 0.05) is 23.7 Å². The largest absolute Gasteiger partial charge is 0.315 e. The Morgan fingerprint density at radius 1 is 1.44 bits per heavy atom. The smallest absolute Gasteiger partial charge is 0.250 e. The molecule has 0 unspecified atom stereocenters. The first-order chi connectivity index (χ1) is 7.60. The van der Waals surface area contributed by atoms with Gasteiger partial charge in [-0.2, -0.15) is 11.8 Å². The summed E-state index contributed by atoms with van der Waals surface area (Å²) in [5.41, 5.74) is 0. The van der Waals surface area contributed by atoms with Gasteiger partial charge in [0.25, 0.3) is 0 Å². The van der Waals surface area contributed by atoms with Crippen molar-refractivity contribution < 1.29 is 8.42 Å². The van der Waals surface area contributed by atoms with E-state index >= 15 is 0 Å². The number of hydrogen-bond acceptors (Lipinski definition) is 5. The van der Waals surface area contributed by atoms with E-state index in [-0.39, 0.29) is 0 Å². The summed E-state index contributed by atoms with van der Waals surface area (Å²) in [5.74, 6) is 0.786. The Kier molecular flexibility index (Phi) is 5.77. The molecule has 0 amide bonds. The summed E-state index contributed by atoms with van der Waals surface area (Å²) < 4.78 is 26.5. The Morgan fingerprint density at radius 3 is 2.81 bits per heavy atom. The molecule has 0 saturated heterocycles. The van der Waals surface area contributed by atoms with Gasteiger partial charge in [0.15, 0.2) is 0 Å². The zero-order valence-corrected chi connectivity index (χ0v) is 11.8. The standard InChI is InChI=1S/C9H16N2O2S3/c1-10-7-8-3-4-9(15-8)16(12,13)11-5-6-14-2/h3-4,10-11H,5-7H2,1-2H3. The third kappa shape index (κ3) is 4.06. The van der Waals surface area contributed by atoms with Gasteiger partial charge in [-0.3, -0.25) is 0 Å². The van der Waals surface area contributed by atoms with Crippen LogP contribution in [-0.4, -0.2) is 34.0 Å². The molecule has 0 aliphatic heterocycles. The molecule has 0 aromatic carbocycles. The molecule has 2 N–H and O–H groups in total. The van der Waals surface area contributed by atoms with Gasteiger partial charge >= 0.3 is 0 Å². The molecule has 0 aliphatic carbocycles. The van der Waals surface area contributed by atoms with Gasteiger partial charge in [-0.15, -0.1) is 11.3 Å². The molecule has 92 valence electrons. The second-order valence-corrected chi connectivity index (χ2v) is 7.29. The maximum absolute atomic E-state index is 11.8. The minimum absolute atomic E-state index is 0.388. The molecular formula is C9H16N2O2S3. The molecule has 0 aliphatic rings. The number of thiophene rings is 1. The number of thioether (sulfide) groups is 1. The van der Waals surface area contributed by atoms with E-state index in [9.17, 15) is 8.42 Å². The molecule has 16 heavy (non-hydrogen) atoms. The number of nitrogens with one attached hydrogen (secondary N) is 2. The topological polar surface area (TPSA) is 58.2 Å². The molecular weight excluding hydrogens is 264 g/mol. The van der Waals surface area contributed by atoms with E-state index in [4.69, 9.17) is 0 Å². The van der Waals surface area contributed by atoms with Crippen molar-refractivity contribution in [2.75, 3.05) is 25.6 Å². The first-order valence-corrected chi connectivity index (χ1v) is 8.51. The maximum Gasteiger partial charge on any atom is 0.250 e. The summed E-state index contributed by atoms with van der Waals surface area (Å²) in [4.78, 5) is 1.02. The SMILES string of the molecule is CNCc1ccc(S(=O)(=O)NCCSC)s1. The van der Waals surface area contributed by atoms with Crippen molar-refractivity contribution in [2.45, 2.75) is 10.8 Å². The fourth-order valence-corrected chi connectivity index (χ4v) is 4.00. The second kappa shape index (κ2) is 6.61. The first kappa shape index (κ1) is 14.0. The normalized spacial score (nSPS) is 11.9. The van der Waals surface area contributed by atoms with Crippen LogP contribution in [0.25, 0.3) is 0 Å². The number of sulfonamides is 1. The summed E-state index contributed by atoms with van der Waals surface area (Å²) >= 11 is 2.92. The fourth-order valence-electron chi connectivity index (χ4n) is 1.12. The van der Waals surface area contributed by atoms with E-state index < -0.39 is 10.0 Å². The lowest BCUT2D eigenvalue weighted by atomic mass is 10.5. The highest BCUT2D eigenvalue weighted by Crippen LogP contribution is 2.21. The Balaban J connectivity index is 2.66. The molecule has 0 atom stereocenters. The van der Waals surface area contributed by atoms with Crippen LogP contribution in [-0.2, 0) is 16.6 Å². The van der Waals surface area contributed by atoms with Crippen LogP contribution < -0.4 is 10.0 Å². The summed E-state index contributed by atoms with van der Waals surface area (Å²) in [6, 6.07) is 3.49. The van der Waals surface area contributed by atoms with Crippen molar-refractivity contribution >= 4 is 33.1 Å². The van der Waals surface area contributed by atoms with Crippen molar-refractivity contribution in [1.29, 1.82) is 0 Å². The van der Waals surface area contributed by atoms with Crippen LogP contribution in [0.3, 0.4) is 0 Å². The summed E-state index contributed by atoms with van der Waals surface area (Å²) in [5, 5.41) is 2.99. The van der Waals surface area contributed by atoms with Gasteiger partial charge in [-0.25, -0.2) is 13.1 Å². The van der Waals surface area contributed by atoms with E-state index in [1.54, 1.807) is 17.8 Å². The molecule has 1 heterocycles. The molecule has 1 rings (SSSR count). The van der Waals surface area contributed by atoms with Crippen LogP contribution in [0.1, 0.15) is 4.88 Å². The van der Waals surface area contributed by atoms with Crippen molar-refractivity contribution in [3.05, 3.63) is 17.0 Å². The molecule has 0 saturated carbocycles. The summed E-state index contributed by atoms with van der Waals surface area (Å²) in [6.07, 6.45) is 1.95. The van der Waals surface area contributed by atoms with E-state index in [0.29, 0.717) is 17.3 Å². The monoisotopic (exact) mass is 280 g/mol. The lowest BCUT2D eigenvalue weighted by molar-refractivity contribution is 0.586. The third-order valence-corrected chi connectivity index (χ3v) is 5.50. The quantitative estimate of drug-likeness (QED) is 0.735. The van der Waals surface area contributed by atoms with Gasteiger partial charge in [0.2, 0.25) is 10.0 Å². The summed E-state index contributed by atoms with van der Waals surface area (Å²) in [7, 11) is -1.46. The molecule has 0 bridgehead atoms. The van der Waals surface area contributed by atoms with Crippen molar-refractivity contribution in [3.8, 4) is 0 Å². The highest BCUT2D eigenvalue weighted by atomic mass is 32.2. The van der Waals surface area contributed by atoms with Gasteiger partial charge in [-0.05, 0) is 25.4 Å². The van der Waals surface area contributed by atoms with Gasteiger partial charge in [0.1, 0.15) is 4.21 Å². The van der Waals surface area contributed by atoms with E-state index in [2.05, 4.69) is 10.0 Å². The number of rotatable bonds is 7.